The quantitative estimate of drug-likeness (QED) is 0.696. The van der Waals surface area contributed by atoms with Crippen LogP contribution in [0.15, 0.2) is 27.4 Å². The van der Waals surface area contributed by atoms with Gasteiger partial charge in [0.2, 0.25) is 10.1 Å². The normalized spacial score (nSPS) is 20.8. The van der Waals surface area contributed by atoms with Crippen LogP contribution in [0.4, 0.5) is 5.13 Å². The van der Waals surface area contributed by atoms with Crippen molar-refractivity contribution in [1.82, 2.24) is 14.6 Å². The Balaban J connectivity index is 1.75. The third kappa shape index (κ3) is 3.05. The van der Waals surface area contributed by atoms with E-state index in [9.17, 15) is 4.79 Å². The molecule has 0 amide bonds. The molecule has 0 bridgehead atoms. The van der Waals surface area contributed by atoms with Crippen LogP contribution in [0.5, 0.6) is 0 Å². The van der Waals surface area contributed by atoms with E-state index in [1.807, 2.05) is 6.92 Å². The monoisotopic (exact) mass is 372 g/mol. The fourth-order valence-corrected chi connectivity index (χ4v) is 4.55. The van der Waals surface area contributed by atoms with Crippen LogP contribution < -0.4 is 10.5 Å². The zero-order chi connectivity index (χ0) is 18.3. The van der Waals surface area contributed by atoms with Gasteiger partial charge >= 0.3 is 0 Å². The van der Waals surface area contributed by atoms with E-state index in [-0.39, 0.29) is 11.6 Å². The molecule has 0 radical (unpaired) electrons. The molecule has 26 heavy (non-hydrogen) atoms. The Morgan fingerprint density at radius 1 is 1.31 bits per heavy atom. The predicted octanol–water partition coefficient (Wildman–Crippen LogP) is 3.85. The molecule has 0 aliphatic carbocycles. The van der Waals surface area contributed by atoms with Gasteiger partial charge in [0, 0.05) is 24.7 Å². The third-order valence-corrected chi connectivity index (χ3v) is 6.06. The highest BCUT2D eigenvalue weighted by molar-refractivity contribution is 7.20. The van der Waals surface area contributed by atoms with E-state index in [0.717, 1.165) is 54.6 Å². The van der Waals surface area contributed by atoms with Crippen LogP contribution in [-0.4, -0.2) is 21.1 Å². The van der Waals surface area contributed by atoms with Crippen molar-refractivity contribution >= 4 is 21.4 Å². The fraction of sp³-hybridized carbons (Fsp3) is 0.526. The first-order chi connectivity index (χ1) is 12.6. The SMILES string of the molecule is CCc1cc(=O)n2nc(N3CCC(C)CC3c3ccc(CC)o3)sc2n1. The van der Waals surface area contributed by atoms with Gasteiger partial charge in [-0.2, -0.15) is 4.52 Å². The van der Waals surface area contributed by atoms with Crippen molar-refractivity contribution in [1.29, 1.82) is 0 Å². The number of nitrogens with zero attached hydrogens (tertiary/aromatic N) is 4. The molecule has 7 heteroatoms. The van der Waals surface area contributed by atoms with Crippen molar-refractivity contribution in [2.75, 3.05) is 11.4 Å². The maximum absolute atomic E-state index is 12.3. The van der Waals surface area contributed by atoms with Crippen LogP contribution in [-0.2, 0) is 12.8 Å². The Morgan fingerprint density at radius 2 is 2.15 bits per heavy atom. The summed E-state index contributed by atoms with van der Waals surface area (Å²) < 4.78 is 7.48. The molecular weight excluding hydrogens is 348 g/mol. The van der Waals surface area contributed by atoms with E-state index in [4.69, 9.17) is 4.42 Å². The molecular formula is C19H24N4O2S. The Kier molecular flexibility index (Phi) is 4.56. The van der Waals surface area contributed by atoms with Crippen molar-refractivity contribution in [2.45, 2.75) is 52.5 Å². The number of furan rings is 1. The smallest absolute Gasteiger partial charge is 0.275 e. The Bertz CT molecular complexity index is 973. The lowest BCUT2D eigenvalue weighted by Gasteiger charge is -2.37. The maximum atomic E-state index is 12.3. The largest absolute Gasteiger partial charge is 0.464 e. The summed E-state index contributed by atoms with van der Waals surface area (Å²) in [5.41, 5.74) is 0.704. The maximum Gasteiger partial charge on any atom is 0.275 e. The van der Waals surface area contributed by atoms with Gasteiger partial charge in [-0.3, -0.25) is 4.79 Å². The average molecular weight is 372 g/mol. The molecule has 3 aromatic heterocycles. The number of hydrogen-bond acceptors (Lipinski definition) is 6. The number of hydrogen-bond donors (Lipinski definition) is 0. The number of aromatic nitrogens is 3. The van der Waals surface area contributed by atoms with Crippen LogP contribution in [0.3, 0.4) is 0 Å². The van der Waals surface area contributed by atoms with Gasteiger partial charge in [-0.1, -0.05) is 32.1 Å². The lowest BCUT2D eigenvalue weighted by Crippen LogP contribution is -2.36. The highest BCUT2D eigenvalue weighted by atomic mass is 32.1. The lowest BCUT2D eigenvalue weighted by atomic mass is 9.91. The number of anilines is 1. The zero-order valence-corrected chi connectivity index (χ0v) is 16.3. The topological polar surface area (TPSA) is 63.6 Å². The van der Waals surface area contributed by atoms with E-state index in [0.29, 0.717) is 10.9 Å². The average Bonchev–Trinajstić information content (AvgIpc) is 3.28. The second kappa shape index (κ2) is 6.87. The molecule has 3 aromatic rings. The first kappa shape index (κ1) is 17.3. The summed E-state index contributed by atoms with van der Waals surface area (Å²) in [6.45, 7) is 7.29. The van der Waals surface area contributed by atoms with Gasteiger partial charge in [0.25, 0.3) is 5.56 Å². The second-order valence-corrected chi connectivity index (χ2v) is 7.95. The molecule has 4 heterocycles. The van der Waals surface area contributed by atoms with Gasteiger partial charge in [0.1, 0.15) is 11.5 Å². The van der Waals surface area contributed by atoms with E-state index < -0.39 is 0 Å². The predicted molar refractivity (Wildman–Crippen MR) is 103 cm³/mol. The van der Waals surface area contributed by atoms with Gasteiger partial charge in [-0.05, 0) is 37.3 Å². The van der Waals surface area contributed by atoms with Crippen molar-refractivity contribution in [3.8, 4) is 0 Å². The molecule has 1 fully saturated rings. The Morgan fingerprint density at radius 3 is 2.88 bits per heavy atom. The van der Waals surface area contributed by atoms with Crippen molar-refractivity contribution in [3.63, 3.8) is 0 Å². The molecule has 0 spiro atoms. The minimum Gasteiger partial charge on any atom is -0.464 e. The highest BCUT2D eigenvalue weighted by Crippen LogP contribution is 2.39. The van der Waals surface area contributed by atoms with Gasteiger partial charge < -0.3 is 9.32 Å². The molecule has 2 atom stereocenters. The zero-order valence-electron chi connectivity index (χ0n) is 15.4. The summed E-state index contributed by atoms with van der Waals surface area (Å²) in [5.74, 6) is 2.63. The first-order valence-corrected chi connectivity index (χ1v) is 10.2. The first-order valence-electron chi connectivity index (χ1n) is 9.34. The summed E-state index contributed by atoms with van der Waals surface area (Å²) in [6, 6.07) is 5.87. The molecule has 138 valence electrons. The number of piperidine rings is 1. The lowest BCUT2D eigenvalue weighted by molar-refractivity contribution is 0.322. The number of aryl methyl sites for hydroxylation is 2. The van der Waals surface area contributed by atoms with Crippen LogP contribution in [0.25, 0.3) is 4.96 Å². The van der Waals surface area contributed by atoms with Gasteiger partial charge in [0.15, 0.2) is 0 Å². The van der Waals surface area contributed by atoms with Crippen LogP contribution >= 0.6 is 11.3 Å². The fourth-order valence-electron chi connectivity index (χ4n) is 3.55. The Hall–Kier alpha value is -2.15. The van der Waals surface area contributed by atoms with Crippen LogP contribution in [0.2, 0.25) is 0 Å². The summed E-state index contributed by atoms with van der Waals surface area (Å²) in [4.78, 5) is 19.8. The Labute approximate surface area is 156 Å². The minimum absolute atomic E-state index is 0.109. The molecule has 1 saturated heterocycles. The van der Waals surface area contributed by atoms with Crippen molar-refractivity contribution in [3.05, 3.63) is 45.8 Å². The highest BCUT2D eigenvalue weighted by Gasteiger charge is 2.32. The van der Waals surface area contributed by atoms with E-state index in [1.165, 1.54) is 15.9 Å². The van der Waals surface area contributed by atoms with Gasteiger partial charge in [0.05, 0.1) is 6.04 Å². The van der Waals surface area contributed by atoms with Crippen molar-refractivity contribution in [2.24, 2.45) is 5.92 Å². The molecule has 0 N–H and O–H groups in total. The molecule has 6 nitrogen and oxygen atoms in total. The molecule has 1 aliphatic heterocycles. The summed E-state index contributed by atoms with van der Waals surface area (Å²) in [7, 11) is 0. The summed E-state index contributed by atoms with van der Waals surface area (Å²) in [5, 5.41) is 5.43. The summed E-state index contributed by atoms with van der Waals surface area (Å²) in [6.07, 6.45) is 3.77. The van der Waals surface area contributed by atoms with E-state index in [2.05, 4.69) is 41.0 Å². The van der Waals surface area contributed by atoms with Crippen LogP contribution in [0.1, 0.15) is 56.9 Å². The number of fused-ring (bicyclic) bond motifs is 1. The molecule has 1 aliphatic rings. The molecule has 2 unspecified atom stereocenters. The van der Waals surface area contributed by atoms with Gasteiger partial charge in [-0.15, -0.1) is 5.10 Å². The molecule has 0 saturated carbocycles. The van der Waals surface area contributed by atoms with Crippen LogP contribution in [0, 0.1) is 5.92 Å². The minimum atomic E-state index is -0.109. The molecule has 4 rings (SSSR count). The standard InChI is InChI=1S/C19H24N4O2S/c1-4-13-11-17(24)23-18(20-13)26-19(21-23)22-9-8-12(3)10-15(22)16-7-6-14(5-2)25-16/h6-7,11-12,15H,4-5,8-10H2,1-3H3. The molecule has 0 aromatic carbocycles. The third-order valence-electron chi connectivity index (χ3n) is 5.12. The summed E-state index contributed by atoms with van der Waals surface area (Å²) >= 11 is 1.48. The van der Waals surface area contributed by atoms with Gasteiger partial charge in [-0.25, -0.2) is 4.98 Å². The van der Waals surface area contributed by atoms with E-state index in [1.54, 1.807) is 6.07 Å². The van der Waals surface area contributed by atoms with E-state index >= 15 is 0 Å². The second-order valence-electron chi connectivity index (χ2n) is 7.01. The number of rotatable bonds is 4. The van der Waals surface area contributed by atoms with Crippen molar-refractivity contribution < 1.29 is 4.42 Å².